The van der Waals surface area contributed by atoms with Gasteiger partial charge in [0.15, 0.2) is 5.82 Å². The molecule has 98 valence electrons. The van der Waals surface area contributed by atoms with Crippen LogP contribution in [0, 0.1) is 0 Å². The molecule has 4 nitrogen and oxygen atoms in total. The standard InChI is InChI=1S/C16H12N2O2/c1-2-15(19)20-18-14-11-7-6-10-13(14)17-16(18)12-8-4-3-5-9-12/h2-11H,1H2. The van der Waals surface area contributed by atoms with Gasteiger partial charge in [0.05, 0.1) is 5.52 Å². The van der Waals surface area contributed by atoms with E-state index in [-0.39, 0.29) is 0 Å². The fourth-order valence-electron chi connectivity index (χ4n) is 1.99. The molecule has 3 rings (SSSR count). The first-order valence-electron chi connectivity index (χ1n) is 6.17. The molecular formula is C16H12N2O2. The van der Waals surface area contributed by atoms with Gasteiger partial charge in [-0.1, -0.05) is 49.0 Å². The number of rotatable bonds is 3. The molecule has 1 heterocycles. The molecule has 0 bridgehead atoms. The maximum absolute atomic E-state index is 11.5. The molecule has 1 aromatic heterocycles. The van der Waals surface area contributed by atoms with Crippen LogP contribution in [0.25, 0.3) is 22.4 Å². The zero-order valence-corrected chi connectivity index (χ0v) is 10.7. The minimum absolute atomic E-state index is 0.523. The SMILES string of the molecule is C=CC(=O)On1c(-c2ccccc2)nc2ccccc21. The van der Waals surface area contributed by atoms with Gasteiger partial charge in [0.2, 0.25) is 0 Å². The summed E-state index contributed by atoms with van der Waals surface area (Å²) < 4.78 is 1.44. The average Bonchev–Trinajstić information content (AvgIpc) is 2.87. The first-order chi connectivity index (χ1) is 9.79. The third-order valence-corrected chi connectivity index (χ3v) is 2.90. The van der Waals surface area contributed by atoms with E-state index in [1.807, 2.05) is 54.6 Å². The number of carbonyl (C=O) groups excluding carboxylic acids is 1. The van der Waals surface area contributed by atoms with Crippen LogP contribution in [0.1, 0.15) is 0 Å². The van der Waals surface area contributed by atoms with Crippen molar-refractivity contribution in [3.05, 3.63) is 67.3 Å². The summed E-state index contributed by atoms with van der Waals surface area (Å²) in [6, 6.07) is 17.1. The molecule has 0 fully saturated rings. The van der Waals surface area contributed by atoms with Crippen molar-refractivity contribution >= 4 is 17.0 Å². The fourth-order valence-corrected chi connectivity index (χ4v) is 1.99. The summed E-state index contributed by atoms with van der Waals surface area (Å²) in [6.45, 7) is 3.42. The smallest absolute Gasteiger partial charge is 0.330 e. The summed E-state index contributed by atoms with van der Waals surface area (Å²) in [5, 5.41) is 0. The van der Waals surface area contributed by atoms with E-state index in [9.17, 15) is 4.79 Å². The van der Waals surface area contributed by atoms with E-state index in [1.165, 1.54) is 4.73 Å². The number of nitrogens with zero attached hydrogens (tertiary/aromatic N) is 2. The third kappa shape index (κ3) is 2.07. The Morgan fingerprint density at radius 3 is 2.55 bits per heavy atom. The Morgan fingerprint density at radius 1 is 1.10 bits per heavy atom. The molecule has 2 aromatic carbocycles. The van der Waals surface area contributed by atoms with Gasteiger partial charge in [-0.3, -0.25) is 0 Å². The summed E-state index contributed by atoms with van der Waals surface area (Å²) in [5.41, 5.74) is 2.38. The maximum Gasteiger partial charge on any atom is 0.355 e. The van der Waals surface area contributed by atoms with Gasteiger partial charge in [-0.2, -0.15) is 4.73 Å². The van der Waals surface area contributed by atoms with Gasteiger partial charge >= 0.3 is 5.97 Å². The normalized spacial score (nSPS) is 10.4. The molecule has 0 saturated heterocycles. The van der Waals surface area contributed by atoms with Gasteiger partial charge in [-0.15, -0.1) is 0 Å². The van der Waals surface area contributed by atoms with E-state index < -0.39 is 5.97 Å². The van der Waals surface area contributed by atoms with Crippen LogP contribution in [0.2, 0.25) is 0 Å². The van der Waals surface area contributed by atoms with Crippen LogP contribution in [-0.4, -0.2) is 15.7 Å². The number of para-hydroxylation sites is 2. The van der Waals surface area contributed by atoms with E-state index in [0.717, 1.165) is 22.7 Å². The molecule has 0 unspecified atom stereocenters. The van der Waals surface area contributed by atoms with Crippen LogP contribution in [0.15, 0.2) is 67.3 Å². The van der Waals surface area contributed by atoms with Gasteiger partial charge in [-0.25, -0.2) is 9.78 Å². The number of hydrogen-bond donors (Lipinski definition) is 0. The van der Waals surface area contributed by atoms with Gasteiger partial charge in [0, 0.05) is 11.6 Å². The molecule has 0 atom stereocenters. The largest absolute Gasteiger partial charge is 0.355 e. The lowest BCUT2D eigenvalue weighted by atomic mass is 10.2. The van der Waals surface area contributed by atoms with Gasteiger partial charge < -0.3 is 4.84 Å². The van der Waals surface area contributed by atoms with E-state index in [2.05, 4.69) is 11.6 Å². The minimum Gasteiger partial charge on any atom is -0.330 e. The second-order valence-corrected chi connectivity index (χ2v) is 4.20. The Hall–Kier alpha value is -2.88. The van der Waals surface area contributed by atoms with Crippen LogP contribution >= 0.6 is 0 Å². The van der Waals surface area contributed by atoms with E-state index in [4.69, 9.17) is 4.84 Å². The summed E-state index contributed by atoms with van der Waals surface area (Å²) in [5.74, 6) is 0.0623. The van der Waals surface area contributed by atoms with Crippen molar-refractivity contribution in [3.63, 3.8) is 0 Å². The van der Waals surface area contributed by atoms with Crippen LogP contribution in [0.4, 0.5) is 0 Å². The molecule has 0 saturated carbocycles. The van der Waals surface area contributed by atoms with Gasteiger partial charge in [-0.05, 0) is 12.1 Å². The Morgan fingerprint density at radius 2 is 1.80 bits per heavy atom. The van der Waals surface area contributed by atoms with Crippen molar-refractivity contribution in [1.29, 1.82) is 0 Å². The molecular weight excluding hydrogens is 252 g/mol. The second kappa shape index (κ2) is 5.01. The predicted octanol–water partition coefficient (Wildman–Crippen LogP) is 2.84. The number of fused-ring (bicyclic) bond motifs is 1. The molecule has 0 radical (unpaired) electrons. The Labute approximate surface area is 115 Å². The number of hydrogen-bond acceptors (Lipinski definition) is 3. The van der Waals surface area contributed by atoms with Crippen molar-refractivity contribution in [2.24, 2.45) is 0 Å². The summed E-state index contributed by atoms with van der Waals surface area (Å²) >= 11 is 0. The lowest BCUT2D eigenvalue weighted by Crippen LogP contribution is -2.18. The molecule has 0 N–H and O–H groups in total. The number of aromatic nitrogens is 2. The van der Waals surface area contributed by atoms with Crippen LogP contribution in [0.5, 0.6) is 0 Å². The average molecular weight is 264 g/mol. The maximum atomic E-state index is 11.5. The predicted molar refractivity (Wildman–Crippen MR) is 77.0 cm³/mol. The third-order valence-electron chi connectivity index (χ3n) is 2.90. The zero-order valence-electron chi connectivity index (χ0n) is 10.7. The summed E-state index contributed by atoms with van der Waals surface area (Å²) in [4.78, 5) is 21.3. The Kier molecular flexibility index (Phi) is 3.05. The quantitative estimate of drug-likeness (QED) is 0.683. The molecule has 4 heteroatoms. The monoisotopic (exact) mass is 264 g/mol. The lowest BCUT2D eigenvalue weighted by Gasteiger charge is -2.07. The highest BCUT2D eigenvalue weighted by atomic mass is 16.7. The van der Waals surface area contributed by atoms with E-state index in [0.29, 0.717) is 5.82 Å². The summed E-state index contributed by atoms with van der Waals surface area (Å²) in [7, 11) is 0. The van der Waals surface area contributed by atoms with Crippen molar-refractivity contribution in [1.82, 2.24) is 9.71 Å². The Balaban J connectivity index is 2.22. The second-order valence-electron chi connectivity index (χ2n) is 4.20. The first kappa shape index (κ1) is 12.2. The number of carbonyl (C=O) groups is 1. The molecule has 0 spiro atoms. The van der Waals surface area contributed by atoms with E-state index in [1.54, 1.807) is 0 Å². The molecule has 3 aromatic rings. The van der Waals surface area contributed by atoms with Crippen molar-refractivity contribution in [2.45, 2.75) is 0 Å². The molecule has 0 aliphatic rings. The van der Waals surface area contributed by atoms with Crippen LogP contribution < -0.4 is 4.84 Å². The van der Waals surface area contributed by atoms with E-state index >= 15 is 0 Å². The Bertz CT molecular complexity index is 776. The lowest BCUT2D eigenvalue weighted by molar-refractivity contribution is -0.137. The highest BCUT2D eigenvalue weighted by Crippen LogP contribution is 2.23. The molecule has 0 aliphatic heterocycles. The van der Waals surface area contributed by atoms with Gasteiger partial charge in [0.1, 0.15) is 5.52 Å². The molecule has 0 amide bonds. The van der Waals surface area contributed by atoms with Gasteiger partial charge in [0.25, 0.3) is 0 Å². The zero-order chi connectivity index (χ0) is 13.9. The van der Waals surface area contributed by atoms with Crippen LogP contribution in [0.3, 0.4) is 0 Å². The molecule has 20 heavy (non-hydrogen) atoms. The number of benzene rings is 2. The van der Waals surface area contributed by atoms with Crippen molar-refractivity contribution in [2.75, 3.05) is 0 Å². The first-order valence-corrected chi connectivity index (χ1v) is 6.17. The fraction of sp³-hybridized carbons (Fsp3) is 0. The molecule has 0 aliphatic carbocycles. The summed E-state index contributed by atoms with van der Waals surface area (Å²) in [6.07, 6.45) is 1.13. The number of imidazole rings is 1. The van der Waals surface area contributed by atoms with Crippen molar-refractivity contribution in [3.8, 4) is 11.4 Å². The van der Waals surface area contributed by atoms with Crippen LogP contribution in [-0.2, 0) is 4.79 Å². The minimum atomic E-state index is -0.523. The highest BCUT2D eigenvalue weighted by Gasteiger charge is 2.14. The topological polar surface area (TPSA) is 44.1 Å². The highest BCUT2D eigenvalue weighted by molar-refractivity contribution is 5.85. The van der Waals surface area contributed by atoms with Crippen molar-refractivity contribution < 1.29 is 9.63 Å².